The number of alkyl halides is 2. The zero-order valence-electron chi connectivity index (χ0n) is 7.92. The maximum Gasteiger partial charge on any atom is 0.387 e. The molecule has 1 rings (SSSR count). The third-order valence-electron chi connectivity index (χ3n) is 1.56. The van der Waals surface area contributed by atoms with E-state index in [0.29, 0.717) is 0 Å². The Morgan fingerprint density at radius 1 is 1.47 bits per heavy atom. The topological polar surface area (TPSA) is 92.1 Å². The third kappa shape index (κ3) is 3.45. The SMILES string of the molecule is [N-]=[N+]=NS(=O)(=O)c1ccc(OC(F)F)c(Cl)c1. The smallest absolute Gasteiger partial charge is 0.387 e. The minimum Gasteiger partial charge on any atom is -0.433 e. The number of halogens is 3. The summed E-state index contributed by atoms with van der Waals surface area (Å²) in [7, 11) is -4.20. The van der Waals surface area contributed by atoms with Crippen LogP contribution in [-0.2, 0) is 10.0 Å². The standard InChI is InChI=1S/C7H4ClF2N3O3S/c8-5-3-4(17(14,15)13-12-11)1-2-6(5)16-7(9)10/h1-3,7H. The van der Waals surface area contributed by atoms with Gasteiger partial charge in [-0.2, -0.15) is 8.78 Å². The van der Waals surface area contributed by atoms with Crippen LogP contribution in [0.4, 0.5) is 8.78 Å². The molecule has 0 bridgehead atoms. The molecule has 92 valence electrons. The van der Waals surface area contributed by atoms with Crippen molar-refractivity contribution in [1.82, 2.24) is 0 Å². The number of ether oxygens (including phenoxy) is 1. The van der Waals surface area contributed by atoms with Crippen LogP contribution in [0.15, 0.2) is 27.6 Å². The molecule has 0 saturated carbocycles. The number of sulfonamides is 1. The van der Waals surface area contributed by atoms with E-state index < -0.39 is 21.5 Å². The van der Waals surface area contributed by atoms with E-state index in [1.165, 1.54) is 0 Å². The fourth-order valence-electron chi connectivity index (χ4n) is 0.929. The Hall–Kier alpha value is -1.57. The Kier molecular flexibility index (Phi) is 4.11. The molecule has 0 aromatic heterocycles. The molecular formula is C7H4ClF2N3O3S. The molecule has 0 unspecified atom stereocenters. The summed E-state index contributed by atoms with van der Waals surface area (Å²) in [5.74, 6) is -0.374. The van der Waals surface area contributed by atoms with E-state index >= 15 is 0 Å². The van der Waals surface area contributed by atoms with Gasteiger partial charge in [0.25, 0.3) is 10.0 Å². The first kappa shape index (κ1) is 13.5. The van der Waals surface area contributed by atoms with Crippen molar-refractivity contribution < 1.29 is 21.9 Å². The maximum atomic E-state index is 11.9. The fraction of sp³-hybridized carbons (Fsp3) is 0.143. The molecule has 0 aliphatic carbocycles. The van der Waals surface area contributed by atoms with E-state index in [4.69, 9.17) is 17.1 Å². The minimum absolute atomic E-state index is 0.334. The second-order valence-electron chi connectivity index (χ2n) is 2.62. The summed E-state index contributed by atoms with van der Waals surface area (Å²) >= 11 is 5.52. The van der Waals surface area contributed by atoms with Crippen LogP contribution in [0.25, 0.3) is 10.4 Å². The number of azide groups is 1. The predicted molar refractivity (Wildman–Crippen MR) is 54.4 cm³/mol. The van der Waals surface area contributed by atoms with Crippen LogP contribution in [0.3, 0.4) is 0 Å². The van der Waals surface area contributed by atoms with E-state index in [9.17, 15) is 17.2 Å². The Morgan fingerprint density at radius 3 is 2.59 bits per heavy atom. The Balaban J connectivity index is 3.17. The average molecular weight is 284 g/mol. The first-order valence-electron chi connectivity index (χ1n) is 3.92. The highest BCUT2D eigenvalue weighted by Crippen LogP contribution is 2.29. The fourth-order valence-corrected chi connectivity index (χ4v) is 1.92. The zero-order chi connectivity index (χ0) is 13.1. The molecule has 0 amide bonds. The van der Waals surface area contributed by atoms with Crippen LogP contribution in [0.2, 0.25) is 5.02 Å². The van der Waals surface area contributed by atoms with Gasteiger partial charge in [0.05, 0.1) is 9.92 Å². The molecule has 10 heteroatoms. The van der Waals surface area contributed by atoms with E-state index in [1.54, 1.807) is 0 Å². The van der Waals surface area contributed by atoms with Crippen LogP contribution in [0.5, 0.6) is 5.75 Å². The molecule has 6 nitrogen and oxygen atoms in total. The molecule has 0 heterocycles. The number of rotatable bonds is 4. The Labute approximate surface area is 99.4 Å². The highest BCUT2D eigenvalue weighted by atomic mass is 35.5. The van der Waals surface area contributed by atoms with Crippen LogP contribution >= 0.6 is 11.6 Å². The third-order valence-corrected chi connectivity index (χ3v) is 2.99. The van der Waals surface area contributed by atoms with Crippen molar-refractivity contribution in [1.29, 1.82) is 0 Å². The number of hydrogen-bond acceptors (Lipinski definition) is 3. The number of hydrogen-bond donors (Lipinski definition) is 0. The summed E-state index contributed by atoms with van der Waals surface area (Å²) in [6.45, 7) is -3.08. The van der Waals surface area contributed by atoms with Crippen LogP contribution in [0.1, 0.15) is 0 Å². The lowest BCUT2D eigenvalue weighted by atomic mass is 10.3. The summed E-state index contributed by atoms with van der Waals surface area (Å²) in [5.41, 5.74) is 8.03. The molecule has 0 saturated heterocycles. The van der Waals surface area contributed by atoms with Crippen molar-refractivity contribution in [3.8, 4) is 5.75 Å². The first-order valence-corrected chi connectivity index (χ1v) is 5.74. The van der Waals surface area contributed by atoms with Gasteiger partial charge in [-0.1, -0.05) is 11.6 Å². The summed E-state index contributed by atoms with van der Waals surface area (Å²) in [4.78, 5) is 1.71. The lowest BCUT2D eigenvalue weighted by molar-refractivity contribution is -0.0498. The molecule has 1 aromatic carbocycles. The molecule has 0 aliphatic rings. The van der Waals surface area contributed by atoms with E-state index in [1.807, 2.05) is 0 Å². The molecule has 0 N–H and O–H groups in total. The zero-order valence-corrected chi connectivity index (χ0v) is 9.49. The second-order valence-corrected chi connectivity index (χ2v) is 4.61. The van der Waals surface area contributed by atoms with Crippen molar-refractivity contribution in [2.45, 2.75) is 11.5 Å². The molecule has 0 aliphatic heterocycles. The van der Waals surface area contributed by atoms with Crippen molar-refractivity contribution >= 4 is 21.6 Å². The van der Waals surface area contributed by atoms with Gasteiger partial charge >= 0.3 is 6.61 Å². The van der Waals surface area contributed by atoms with Crippen molar-refractivity contribution in [3.63, 3.8) is 0 Å². The van der Waals surface area contributed by atoms with Gasteiger partial charge in [0, 0.05) is 9.43 Å². The quantitative estimate of drug-likeness (QED) is 0.483. The Morgan fingerprint density at radius 2 is 2.12 bits per heavy atom. The van der Waals surface area contributed by atoms with Gasteiger partial charge in [-0.15, -0.1) is 0 Å². The van der Waals surface area contributed by atoms with Gasteiger partial charge < -0.3 is 4.74 Å². The van der Waals surface area contributed by atoms with Gasteiger partial charge in [-0.25, -0.2) is 8.42 Å². The molecule has 0 atom stereocenters. The molecule has 0 spiro atoms. The van der Waals surface area contributed by atoms with Gasteiger partial charge in [-0.05, 0) is 23.7 Å². The van der Waals surface area contributed by atoms with E-state index in [0.717, 1.165) is 18.2 Å². The van der Waals surface area contributed by atoms with Gasteiger partial charge in [0.2, 0.25) is 0 Å². The number of benzene rings is 1. The van der Waals surface area contributed by atoms with Crippen molar-refractivity contribution in [3.05, 3.63) is 33.7 Å². The molecular weight excluding hydrogens is 280 g/mol. The minimum atomic E-state index is -4.20. The summed E-state index contributed by atoms with van der Waals surface area (Å²) in [6, 6.07) is 2.73. The summed E-state index contributed by atoms with van der Waals surface area (Å²) in [6.07, 6.45) is 0. The van der Waals surface area contributed by atoms with Crippen LogP contribution in [0, 0.1) is 0 Å². The Bertz CT molecular complexity index is 572. The average Bonchev–Trinajstić information content (AvgIpc) is 2.20. The summed E-state index contributed by atoms with van der Waals surface area (Å²) in [5, 5.41) is -0.334. The maximum absolute atomic E-state index is 11.9. The lowest BCUT2D eigenvalue weighted by Gasteiger charge is -2.07. The normalized spacial score (nSPS) is 11.1. The van der Waals surface area contributed by atoms with Crippen LogP contribution < -0.4 is 4.74 Å². The largest absolute Gasteiger partial charge is 0.433 e. The highest BCUT2D eigenvalue weighted by Gasteiger charge is 2.16. The van der Waals surface area contributed by atoms with Gasteiger partial charge in [-0.3, -0.25) is 0 Å². The van der Waals surface area contributed by atoms with Gasteiger partial charge in [0.1, 0.15) is 5.75 Å². The predicted octanol–water partition coefficient (Wildman–Crippen LogP) is 2.94. The van der Waals surface area contributed by atoms with E-state index in [-0.39, 0.29) is 10.8 Å². The molecule has 0 radical (unpaired) electrons. The van der Waals surface area contributed by atoms with E-state index in [2.05, 4.69) is 14.2 Å². The molecule has 0 fully saturated rings. The lowest BCUT2D eigenvalue weighted by Crippen LogP contribution is -2.03. The van der Waals surface area contributed by atoms with Crippen LogP contribution in [-0.4, -0.2) is 15.0 Å². The molecule has 17 heavy (non-hydrogen) atoms. The first-order chi connectivity index (χ1) is 7.86. The monoisotopic (exact) mass is 283 g/mol. The summed E-state index contributed by atoms with van der Waals surface area (Å²) < 4.78 is 52.9. The number of nitrogens with zero attached hydrogens (tertiary/aromatic N) is 3. The van der Waals surface area contributed by atoms with Gasteiger partial charge in [0.15, 0.2) is 0 Å². The second kappa shape index (κ2) is 5.17. The molecule has 1 aromatic rings. The highest BCUT2D eigenvalue weighted by molar-refractivity contribution is 7.90. The van der Waals surface area contributed by atoms with Crippen molar-refractivity contribution in [2.75, 3.05) is 0 Å². The van der Waals surface area contributed by atoms with Crippen molar-refractivity contribution in [2.24, 2.45) is 4.52 Å².